The molecule has 25 heavy (non-hydrogen) atoms. The molecule has 0 aliphatic heterocycles. The molecule has 0 aliphatic carbocycles. The van der Waals surface area contributed by atoms with Crippen molar-refractivity contribution in [2.75, 3.05) is 5.32 Å². The largest absolute Gasteiger partial charge is 0.366 e. The van der Waals surface area contributed by atoms with Crippen LogP contribution in [0.5, 0.6) is 0 Å². The molecule has 0 spiro atoms. The SMILES string of the molecule is NC(=O)c1ccc(Nc2nc3cccc(-c4ccccc4)n3n2)cc1.[HH]. The van der Waals surface area contributed by atoms with Crippen LogP contribution in [0.15, 0.2) is 72.8 Å². The summed E-state index contributed by atoms with van der Waals surface area (Å²) in [6, 6.07) is 22.8. The topological polar surface area (TPSA) is 85.3 Å². The second-order valence-corrected chi connectivity index (χ2v) is 5.55. The minimum absolute atomic E-state index is 0. The van der Waals surface area contributed by atoms with Gasteiger partial charge in [-0.15, -0.1) is 5.10 Å². The van der Waals surface area contributed by atoms with Gasteiger partial charge < -0.3 is 11.1 Å². The van der Waals surface area contributed by atoms with Crippen molar-refractivity contribution in [3.8, 4) is 11.3 Å². The molecule has 1 amide bonds. The molecule has 124 valence electrons. The fourth-order valence-electron chi connectivity index (χ4n) is 2.63. The molecule has 0 bridgehead atoms. The van der Waals surface area contributed by atoms with Crippen LogP contribution in [0, 0.1) is 0 Å². The van der Waals surface area contributed by atoms with Crippen molar-refractivity contribution in [1.82, 2.24) is 14.6 Å². The smallest absolute Gasteiger partial charge is 0.248 e. The van der Waals surface area contributed by atoms with E-state index in [1.165, 1.54) is 0 Å². The highest BCUT2D eigenvalue weighted by Gasteiger charge is 2.09. The zero-order valence-electron chi connectivity index (χ0n) is 13.3. The number of aromatic nitrogens is 3. The van der Waals surface area contributed by atoms with E-state index in [0.29, 0.717) is 11.5 Å². The summed E-state index contributed by atoms with van der Waals surface area (Å²) in [6.45, 7) is 0. The number of hydrogen-bond acceptors (Lipinski definition) is 4. The van der Waals surface area contributed by atoms with Crippen molar-refractivity contribution in [2.45, 2.75) is 0 Å². The molecule has 0 radical (unpaired) electrons. The monoisotopic (exact) mass is 331 g/mol. The average molecular weight is 331 g/mol. The highest BCUT2D eigenvalue weighted by atomic mass is 16.1. The molecule has 0 saturated carbocycles. The van der Waals surface area contributed by atoms with Gasteiger partial charge in [-0.25, -0.2) is 4.52 Å². The number of primary amides is 1. The van der Waals surface area contributed by atoms with Crippen LogP contribution in [0.25, 0.3) is 16.9 Å². The van der Waals surface area contributed by atoms with Crippen molar-refractivity contribution in [3.05, 3.63) is 78.4 Å². The third-order valence-corrected chi connectivity index (χ3v) is 3.85. The maximum absolute atomic E-state index is 11.1. The first kappa shape index (κ1) is 14.9. The number of pyridine rings is 1. The Kier molecular flexibility index (Phi) is 3.63. The molecule has 2 aromatic carbocycles. The molecule has 2 aromatic heterocycles. The molecule has 4 rings (SSSR count). The van der Waals surface area contributed by atoms with Gasteiger partial charge in [-0.1, -0.05) is 36.4 Å². The molecule has 0 saturated heterocycles. The highest BCUT2D eigenvalue weighted by Crippen LogP contribution is 2.21. The van der Waals surface area contributed by atoms with E-state index in [1.807, 2.05) is 48.5 Å². The van der Waals surface area contributed by atoms with Gasteiger partial charge in [0.1, 0.15) is 0 Å². The van der Waals surface area contributed by atoms with Crippen molar-refractivity contribution in [1.29, 1.82) is 0 Å². The van der Waals surface area contributed by atoms with Crippen LogP contribution in [0.1, 0.15) is 11.8 Å². The van der Waals surface area contributed by atoms with Crippen molar-refractivity contribution in [3.63, 3.8) is 0 Å². The number of benzene rings is 2. The van der Waals surface area contributed by atoms with Gasteiger partial charge in [0, 0.05) is 18.2 Å². The van der Waals surface area contributed by atoms with Crippen LogP contribution in [-0.4, -0.2) is 20.5 Å². The average Bonchev–Trinajstić information content (AvgIpc) is 3.05. The van der Waals surface area contributed by atoms with Crippen LogP contribution >= 0.6 is 0 Å². The lowest BCUT2D eigenvalue weighted by Crippen LogP contribution is -2.10. The fourth-order valence-corrected chi connectivity index (χ4v) is 2.63. The Hall–Kier alpha value is -3.67. The Morgan fingerprint density at radius 1 is 0.960 bits per heavy atom. The number of nitrogens with two attached hydrogens (primary N) is 1. The number of nitrogens with zero attached hydrogens (tertiary/aromatic N) is 3. The van der Waals surface area contributed by atoms with E-state index >= 15 is 0 Å². The van der Waals surface area contributed by atoms with Gasteiger partial charge in [-0.2, -0.15) is 4.98 Å². The maximum atomic E-state index is 11.1. The molecule has 2 heterocycles. The molecule has 0 unspecified atom stereocenters. The van der Waals surface area contributed by atoms with Gasteiger partial charge in [-0.3, -0.25) is 4.79 Å². The summed E-state index contributed by atoms with van der Waals surface area (Å²) in [5.41, 5.74) is 9.26. The Balaban J connectivity index is 0.00000196. The van der Waals surface area contributed by atoms with E-state index in [9.17, 15) is 4.79 Å². The maximum Gasteiger partial charge on any atom is 0.248 e. The molecular weight excluding hydrogens is 314 g/mol. The van der Waals surface area contributed by atoms with Gasteiger partial charge in [0.2, 0.25) is 11.9 Å². The number of hydrogen-bond donors (Lipinski definition) is 2. The quantitative estimate of drug-likeness (QED) is 0.599. The summed E-state index contributed by atoms with van der Waals surface area (Å²) in [5.74, 6) is 0.0279. The molecule has 0 atom stereocenters. The first-order valence-corrected chi connectivity index (χ1v) is 7.79. The van der Waals surface area contributed by atoms with Gasteiger partial charge in [0.25, 0.3) is 0 Å². The van der Waals surface area contributed by atoms with E-state index < -0.39 is 5.91 Å². The second-order valence-electron chi connectivity index (χ2n) is 5.55. The summed E-state index contributed by atoms with van der Waals surface area (Å²) in [5, 5.41) is 7.69. The molecule has 6 nitrogen and oxygen atoms in total. The van der Waals surface area contributed by atoms with Gasteiger partial charge in [0.15, 0.2) is 5.65 Å². The summed E-state index contributed by atoms with van der Waals surface area (Å²) < 4.78 is 1.80. The minimum Gasteiger partial charge on any atom is -0.366 e. The van der Waals surface area contributed by atoms with E-state index in [-0.39, 0.29) is 1.43 Å². The predicted molar refractivity (Wildman–Crippen MR) is 98.8 cm³/mol. The standard InChI is InChI=1S/C19H15N5O.H2/c20-18(25)14-9-11-15(12-10-14)21-19-22-17-8-4-7-16(24(17)23-19)13-5-2-1-3-6-13;/h1-12H,(H2,20,25)(H,21,23);1H. The number of carbonyl (C=O) groups is 1. The van der Waals surface area contributed by atoms with E-state index in [1.54, 1.807) is 28.8 Å². The van der Waals surface area contributed by atoms with E-state index in [4.69, 9.17) is 5.73 Å². The first-order chi connectivity index (χ1) is 12.2. The normalized spacial score (nSPS) is 10.7. The molecule has 4 aromatic rings. The Morgan fingerprint density at radius 3 is 2.44 bits per heavy atom. The summed E-state index contributed by atoms with van der Waals surface area (Å²) in [4.78, 5) is 15.6. The van der Waals surface area contributed by atoms with E-state index in [0.717, 1.165) is 22.6 Å². The van der Waals surface area contributed by atoms with Crippen LogP contribution in [0.2, 0.25) is 0 Å². The number of fused-ring (bicyclic) bond motifs is 1. The molecular formula is C19H17N5O. The van der Waals surface area contributed by atoms with Crippen LogP contribution in [-0.2, 0) is 0 Å². The summed E-state index contributed by atoms with van der Waals surface area (Å²) >= 11 is 0. The summed E-state index contributed by atoms with van der Waals surface area (Å²) in [6.07, 6.45) is 0. The second kappa shape index (κ2) is 6.09. The number of nitrogens with one attached hydrogen (secondary N) is 1. The molecule has 3 N–H and O–H groups in total. The van der Waals surface area contributed by atoms with E-state index in [2.05, 4.69) is 15.4 Å². The van der Waals surface area contributed by atoms with Gasteiger partial charge in [0.05, 0.1) is 5.69 Å². The van der Waals surface area contributed by atoms with Crippen LogP contribution in [0.4, 0.5) is 11.6 Å². The fraction of sp³-hybridized carbons (Fsp3) is 0. The van der Waals surface area contributed by atoms with Gasteiger partial charge in [-0.05, 0) is 36.4 Å². The zero-order chi connectivity index (χ0) is 17.2. The third kappa shape index (κ3) is 2.92. The third-order valence-electron chi connectivity index (χ3n) is 3.85. The zero-order valence-corrected chi connectivity index (χ0v) is 13.3. The first-order valence-electron chi connectivity index (χ1n) is 7.79. The number of rotatable bonds is 4. The van der Waals surface area contributed by atoms with Crippen molar-refractivity contribution >= 4 is 23.2 Å². The number of anilines is 2. The molecule has 0 fully saturated rings. The number of carbonyl (C=O) groups excluding carboxylic acids is 1. The van der Waals surface area contributed by atoms with Gasteiger partial charge >= 0.3 is 0 Å². The summed E-state index contributed by atoms with van der Waals surface area (Å²) in [7, 11) is 0. The van der Waals surface area contributed by atoms with Crippen molar-refractivity contribution in [2.24, 2.45) is 5.73 Å². The molecule has 6 heteroatoms. The van der Waals surface area contributed by atoms with Crippen molar-refractivity contribution < 1.29 is 6.22 Å². The lowest BCUT2D eigenvalue weighted by atomic mass is 10.1. The lowest BCUT2D eigenvalue weighted by molar-refractivity contribution is 0.100. The van der Waals surface area contributed by atoms with Crippen LogP contribution < -0.4 is 11.1 Å². The highest BCUT2D eigenvalue weighted by molar-refractivity contribution is 5.93. The molecule has 0 aliphatic rings. The Bertz CT molecular complexity index is 1040. The predicted octanol–water partition coefficient (Wildman–Crippen LogP) is 3.48. The van der Waals surface area contributed by atoms with Crippen LogP contribution in [0.3, 0.4) is 0 Å². The Morgan fingerprint density at radius 2 is 1.72 bits per heavy atom. The lowest BCUT2D eigenvalue weighted by Gasteiger charge is -2.03. The Labute approximate surface area is 145 Å². The minimum atomic E-state index is -0.454. The number of amides is 1.